The summed E-state index contributed by atoms with van der Waals surface area (Å²) < 4.78 is 5.47. The van der Waals surface area contributed by atoms with E-state index in [4.69, 9.17) is 10.5 Å². The normalized spacial score (nSPS) is 16.2. The highest BCUT2D eigenvalue weighted by Gasteiger charge is 2.20. The van der Waals surface area contributed by atoms with Crippen LogP contribution in [0.25, 0.3) is 0 Å². The van der Waals surface area contributed by atoms with Gasteiger partial charge in [-0.05, 0) is 43.9 Å². The van der Waals surface area contributed by atoms with E-state index in [1.165, 1.54) is 0 Å². The first-order valence-corrected chi connectivity index (χ1v) is 7.44. The zero-order chi connectivity index (χ0) is 14.4. The summed E-state index contributed by atoms with van der Waals surface area (Å²) in [6.45, 7) is 4.24. The molecule has 4 heteroatoms. The van der Waals surface area contributed by atoms with Crippen molar-refractivity contribution in [1.29, 1.82) is 0 Å². The van der Waals surface area contributed by atoms with Crippen LogP contribution in [0.5, 0.6) is 5.75 Å². The van der Waals surface area contributed by atoms with Gasteiger partial charge in [-0.3, -0.25) is 4.79 Å². The number of carbonyl (C=O) groups is 1. The number of amides is 1. The molecule has 1 aromatic rings. The van der Waals surface area contributed by atoms with Gasteiger partial charge in [0.25, 0.3) is 0 Å². The number of hydrogen-bond donors (Lipinski definition) is 1. The van der Waals surface area contributed by atoms with E-state index in [0.29, 0.717) is 13.0 Å². The van der Waals surface area contributed by atoms with Gasteiger partial charge in [0.15, 0.2) is 0 Å². The number of piperidine rings is 1. The molecule has 110 valence electrons. The Morgan fingerprint density at radius 3 is 2.85 bits per heavy atom. The number of hydrogen-bond acceptors (Lipinski definition) is 3. The van der Waals surface area contributed by atoms with Crippen LogP contribution in [0, 0.1) is 0 Å². The van der Waals surface area contributed by atoms with Crippen molar-refractivity contribution in [3.05, 3.63) is 29.8 Å². The minimum Gasteiger partial charge on any atom is -0.494 e. The predicted octanol–water partition coefficient (Wildman–Crippen LogP) is 1.97. The molecule has 0 radical (unpaired) electrons. The lowest BCUT2D eigenvalue weighted by Crippen LogP contribution is -2.42. The third kappa shape index (κ3) is 4.23. The van der Waals surface area contributed by atoms with Gasteiger partial charge >= 0.3 is 0 Å². The highest BCUT2D eigenvalue weighted by atomic mass is 16.5. The average Bonchev–Trinajstić information content (AvgIpc) is 2.46. The van der Waals surface area contributed by atoms with Crippen LogP contribution in [0.4, 0.5) is 0 Å². The summed E-state index contributed by atoms with van der Waals surface area (Å²) >= 11 is 0. The largest absolute Gasteiger partial charge is 0.494 e. The first-order valence-electron chi connectivity index (χ1n) is 7.44. The van der Waals surface area contributed by atoms with E-state index < -0.39 is 0 Å². The monoisotopic (exact) mass is 276 g/mol. The molecule has 1 aliphatic rings. The van der Waals surface area contributed by atoms with Gasteiger partial charge in [-0.15, -0.1) is 0 Å². The van der Waals surface area contributed by atoms with Crippen LogP contribution in [0.15, 0.2) is 24.3 Å². The van der Waals surface area contributed by atoms with Crippen LogP contribution in [0.2, 0.25) is 0 Å². The van der Waals surface area contributed by atoms with E-state index in [-0.39, 0.29) is 11.9 Å². The predicted molar refractivity (Wildman–Crippen MR) is 79.7 cm³/mol. The molecule has 0 unspecified atom stereocenters. The molecule has 0 bridgehead atoms. The van der Waals surface area contributed by atoms with Crippen LogP contribution in [-0.4, -0.2) is 36.5 Å². The minimum absolute atomic E-state index is 0.235. The molecule has 0 spiro atoms. The van der Waals surface area contributed by atoms with E-state index >= 15 is 0 Å². The van der Waals surface area contributed by atoms with Crippen molar-refractivity contribution in [2.45, 2.75) is 38.6 Å². The van der Waals surface area contributed by atoms with Crippen LogP contribution in [-0.2, 0) is 11.2 Å². The fourth-order valence-electron chi connectivity index (χ4n) is 2.52. The quantitative estimate of drug-likeness (QED) is 0.894. The summed E-state index contributed by atoms with van der Waals surface area (Å²) in [5, 5.41) is 0. The van der Waals surface area contributed by atoms with Crippen LogP contribution >= 0.6 is 0 Å². The standard InChI is InChI=1S/C16H24N2O2/c1-2-20-15-5-3-4-13(12-15)6-7-16(19)18-10-8-14(17)9-11-18/h3-5,12,14H,2,6-11,17H2,1H3. The Kier molecular flexibility index (Phi) is 5.41. The SMILES string of the molecule is CCOc1cccc(CCC(=O)N2CCC(N)CC2)c1. The zero-order valence-electron chi connectivity index (χ0n) is 12.2. The Morgan fingerprint density at radius 1 is 1.40 bits per heavy atom. The second-order valence-electron chi connectivity index (χ2n) is 5.30. The number of nitrogens with two attached hydrogens (primary N) is 1. The summed E-state index contributed by atoms with van der Waals surface area (Å²) in [5.74, 6) is 1.11. The summed E-state index contributed by atoms with van der Waals surface area (Å²) in [7, 11) is 0. The lowest BCUT2D eigenvalue weighted by atomic mass is 10.0. The first kappa shape index (κ1) is 14.9. The van der Waals surface area contributed by atoms with Crippen LogP contribution in [0.1, 0.15) is 31.7 Å². The number of nitrogens with zero attached hydrogens (tertiary/aromatic N) is 1. The Hall–Kier alpha value is -1.55. The van der Waals surface area contributed by atoms with Gasteiger partial charge in [-0.1, -0.05) is 12.1 Å². The molecule has 1 fully saturated rings. The topological polar surface area (TPSA) is 55.6 Å². The number of ether oxygens (including phenoxy) is 1. The lowest BCUT2D eigenvalue weighted by molar-refractivity contribution is -0.132. The number of carbonyl (C=O) groups excluding carboxylic acids is 1. The molecule has 1 heterocycles. The first-order chi connectivity index (χ1) is 9.69. The van der Waals surface area contributed by atoms with Crippen molar-refractivity contribution in [3.8, 4) is 5.75 Å². The molecular weight excluding hydrogens is 252 g/mol. The molecular formula is C16H24N2O2. The zero-order valence-corrected chi connectivity index (χ0v) is 12.2. The van der Waals surface area contributed by atoms with Gasteiger partial charge in [0, 0.05) is 25.6 Å². The number of likely N-dealkylation sites (tertiary alicyclic amines) is 1. The highest BCUT2D eigenvalue weighted by molar-refractivity contribution is 5.76. The number of rotatable bonds is 5. The third-order valence-corrected chi connectivity index (χ3v) is 3.73. The molecule has 0 aliphatic carbocycles. The Bertz CT molecular complexity index is 440. The molecule has 2 rings (SSSR count). The smallest absolute Gasteiger partial charge is 0.222 e. The third-order valence-electron chi connectivity index (χ3n) is 3.73. The maximum Gasteiger partial charge on any atom is 0.222 e. The second-order valence-corrected chi connectivity index (χ2v) is 5.30. The maximum atomic E-state index is 12.1. The lowest BCUT2D eigenvalue weighted by Gasteiger charge is -2.30. The molecule has 4 nitrogen and oxygen atoms in total. The number of benzene rings is 1. The second kappa shape index (κ2) is 7.29. The highest BCUT2D eigenvalue weighted by Crippen LogP contribution is 2.16. The molecule has 0 atom stereocenters. The average molecular weight is 276 g/mol. The van der Waals surface area contributed by atoms with Gasteiger partial charge < -0.3 is 15.4 Å². The van der Waals surface area contributed by atoms with Crippen molar-refractivity contribution in [2.75, 3.05) is 19.7 Å². The maximum absolute atomic E-state index is 12.1. The molecule has 2 N–H and O–H groups in total. The van der Waals surface area contributed by atoms with Crippen molar-refractivity contribution in [3.63, 3.8) is 0 Å². The van der Waals surface area contributed by atoms with Gasteiger partial charge in [0.1, 0.15) is 5.75 Å². The van der Waals surface area contributed by atoms with Gasteiger partial charge in [0.05, 0.1) is 6.61 Å². The number of aryl methyl sites for hydroxylation is 1. The van der Waals surface area contributed by atoms with Gasteiger partial charge in [-0.2, -0.15) is 0 Å². The summed E-state index contributed by atoms with van der Waals surface area (Å²) in [6.07, 6.45) is 3.17. The van der Waals surface area contributed by atoms with Crippen LogP contribution in [0.3, 0.4) is 0 Å². The van der Waals surface area contributed by atoms with E-state index in [2.05, 4.69) is 0 Å². The summed E-state index contributed by atoms with van der Waals surface area (Å²) in [6, 6.07) is 8.25. The van der Waals surface area contributed by atoms with E-state index in [0.717, 1.165) is 43.7 Å². The molecule has 1 saturated heterocycles. The van der Waals surface area contributed by atoms with E-state index in [1.54, 1.807) is 0 Å². The molecule has 1 aliphatic heterocycles. The molecule has 1 aromatic carbocycles. The van der Waals surface area contributed by atoms with Crippen LogP contribution < -0.4 is 10.5 Å². The Morgan fingerprint density at radius 2 is 2.15 bits per heavy atom. The van der Waals surface area contributed by atoms with E-state index in [1.807, 2.05) is 36.1 Å². The molecule has 1 amide bonds. The fraction of sp³-hybridized carbons (Fsp3) is 0.562. The molecule has 0 aromatic heterocycles. The minimum atomic E-state index is 0.235. The van der Waals surface area contributed by atoms with Crippen molar-refractivity contribution in [1.82, 2.24) is 4.90 Å². The van der Waals surface area contributed by atoms with Gasteiger partial charge in [0.2, 0.25) is 5.91 Å². The van der Waals surface area contributed by atoms with E-state index in [9.17, 15) is 4.79 Å². The molecule has 0 saturated carbocycles. The van der Waals surface area contributed by atoms with Crippen molar-refractivity contribution >= 4 is 5.91 Å². The Labute approximate surface area is 120 Å². The molecule has 20 heavy (non-hydrogen) atoms. The summed E-state index contributed by atoms with van der Waals surface area (Å²) in [4.78, 5) is 14.1. The van der Waals surface area contributed by atoms with Gasteiger partial charge in [-0.25, -0.2) is 0 Å². The fourth-order valence-corrected chi connectivity index (χ4v) is 2.52. The summed E-state index contributed by atoms with van der Waals surface area (Å²) in [5.41, 5.74) is 7.01. The van der Waals surface area contributed by atoms with Crippen molar-refractivity contribution < 1.29 is 9.53 Å². The van der Waals surface area contributed by atoms with Crippen molar-refractivity contribution in [2.24, 2.45) is 5.73 Å². The Balaban J connectivity index is 1.82.